The Kier molecular flexibility index (Phi) is 3.96. The molecule has 2 unspecified atom stereocenters. The molecule has 106 valence electrons. The predicted octanol–water partition coefficient (Wildman–Crippen LogP) is 1.84. The van der Waals surface area contributed by atoms with Crippen LogP contribution in [-0.2, 0) is 25.8 Å². The van der Waals surface area contributed by atoms with Crippen LogP contribution in [0.15, 0.2) is 0 Å². The molecular weight excluding hydrogens is 286 g/mol. The molecule has 5 nitrogen and oxygen atoms in total. The molecule has 0 saturated heterocycles. The van der Waals surface area contributed by atoms with Crippen LogP contribution in [0.4, 0.5) is 0 Å². The lowest BCUT2D eigenvalue weighted by Crippen LogP contribution is -2.14. The Morgan fingerprint density at radius 3 is 2.84 bits per heavy atom. The zero-order valence-corrected chi connectivity index (χ0v) is 12.8. The molecule has 7 heteroatoms. The van der Waals surface area contributed by atoms with Gasteiger partial charge >= 0.3 is 5.97 Å². The first-order valence-electron chi connectivity index (χ1n) is 6.19. The third-order valence-corrected chi connectivity index (χ3v) is 6.27. The average molecular weight is 303 g/mol. The first-order chi connectivity index (χ1) is 8.84. The highest BCUT2D eigenvalue weighted by atomic mass is 32.2. The van der Waals surface area contributed by atoms with Crippen LogP contribution >= 0.6 is 11.3 Å². The number of ether oxygens (including phenoxy) is 1. The van der Waals surface area contributed by atoms with Gasteiger partial charge in [-0.3, -0.25) is 4.79 Å². The van der Waals surface area contributed by atoms with E-state index in [2.05, 4.69) is 4.98 Å². The summed E-state index contributed by atoms with van der Waals surface area (Å²) < 4.78 is 28.1. The van der Waals surface area contributed by atoms with Gasteiger partial charge in [0.2, 0.25) is 0 Å². The lowest BCUT2D eigenvalue weighted by Gasteiger charge is -2.09. The summed E-state index contributed by atoms with van der Waals surface area (Å²) >= 11 is 1.40. The first-order valence-corrected chi connectivity index (χ1v) is 8.96. The molecule has 0 N–H and O–H groups in total. The van der Waals surface area contributed by atoms with Crippen LogP contribution < -0.4 is 0 Å². The zero-order chi connectivity index (χ0) is 14.2. The van der Waals surface area contributed by atoms with Crippen molar-refractivity contribution in [3.8, 4) is 0 Å². The number of fused-ring (bicyclic) bond motifs is 1. The van der Waals surface area contributed by atoms with Gasteiger partial charge in [0.05, 0.1) is 12.3 Å². The number of carbonyl (C=O) groups excluding carboxylic acids is 1. The molecule has 0 aromatic carbocycles. The summed E-state index contributed by atoms with van der Waals surface area (Å²) in [4.78, 5) is 17.2. The Hall–Kier alpha value is -0.950. The normalized spacial score (nSPS) is 20.1. The van der Waals surface area contributed by atoms with E-state index < -0.39 is 15.1 Å². The van der Waals surface area contributed by atoms with Gasteiger partial charge < -0.3 is 4.74 Å². The first kappa shape index (κ1) is 14.5. The lowest BCUT2D eigenvalue weighted by molar-refractivity contribution is -0.145. The maximum Gasteiger partial charge on any atom is 0.315 e. The van der Waals surface area contributed by atoms with Crippen LogP contribution in [0.25, 0.3) is 0 Å². The molecule has 1 aromatic heterocycles. The number of hydrogen-bond acceptors (Lipinski definition) is 6. The van der Waals surface area contributed by atoms with E-state index in [0.717, 1.165) is 11.3 Å². The topological polar surface area (TPSA) is 73.3 Å². The SMILES string of the molecule is CCOC(=O)C1CCc2sc(C(C)S(C)(=O)=O)nc21. The summed E-state index contributed by atoms with van der Waals surface area (Å²) in [5, 5.41) is -0.0487. The second-order valence-electron chi connectivity index (χ2n) is 4.68. The monoisotopic (exact) mass is 303 g/mol. The molecule has 0 spiro atoms. The van der Waals surface area contributed by atoms with Crippen LogP contribution in [0.3, 0.4) is 0 Å². The van der Waals surface area contributed by atoms with Crippen LogP contribution in [0.1, 0.15) is 47.0 Å². The van der Waals surface area contributed by atoms with Gasteiger partial charge in [-0.15, -0.1) is 11.3 Å². The molecule has 0 bridgehead atoms. The van der Waals surface area contributed by atoms with E-state index in [-0.39, 0.29) is 11.9 Å². The standard InChI is InChI=1S/C12H17NO4S2/c1-4-17-12(14)8-5-6-9-10(8)13-11(18-9)7(2)19(3,15)16/h7-8H,4-6H2,1-3H3. The van der Waals surface area contributed by atoms with Crippen LogP contribution in [0, 0.1) is 0 Å². The minimum atomic E-state index is -3.16. The summed E-state index contributed by atoms with van der Waals surface area (Å²) in [6.45, 7) is 3.75. The van der Waals surface area contributed by atoms with Crippen molar-refractivity contribution in [1.82, 2.24) is 4.98 Å². The van der Waals surface area contributed by atoms with E-state index in [4.69, 9.17) is 4.74 Å². The Labute approximate surface area is 116 Å². The molecule has 2 atom stereocenters. The Bertz CT molecular complexity index is 591. The molecule has 0 fully saturated rings. The number of rotatable bonds is 4. The largest absolute Gasteiger partial charge is 0.465 e. The van der Waals surface area contributed by atoms with Crippen molar-refractivity contribution < 1.29 is 17.9 Å². The van der Waals surface area contributed by atoms with E-state index in [1.165, 1.54) is 17.6 Å². The van der Waals surface area contributed by atoms with Gasteiger partial charge in [-0.05, 0) is 26.7 Å². The molecular formula is C12H17NO4S2. The molecule has 0 radical (unpaired) electrons. The van der Waals surface area contributed by atoms with Crippen molar-refractivity contribution in [2.45, 2.75) is 37.9 Å². The van der Waals surface area contributed by atoms with Crippen molar-refractivity contribution in [3.05, 3.63) is 15.6 Å². The lowest BCUT2D eigenvalue weighted by atomic mass is 10.1. The average Bonchev–Trinajstić information content (AvgIpc) is 2.85. The Balaban J connectivity index is 2.28. The van der Waals surface area contributed by atoms with Gasteiger partial charge in [0.1, 0.15) is 16.2 Å². The number of thiazole rings is 1. The van der Waals surface area contributed by atoms with E-state index in [1.807, 2.05) is 0 Å². The van der Waals surface area contributed by atoms with Gasteiger partial charge in [0, 0.05) is 11.1 Å². The molecule has 1 heterocycles. The number of carbonyl (C=O) groups is 1. The fourth-order valence-corrected chi connectivity index (χ4v) is 4.24. The van der Waals surface area contributed by atoms with Gasteiger partial charge in [-0.1, -0.05) is 0 Å². The number of aryl methyl sites for hydroxylation is 1. The Morgan fingerprint density at radius 2 is 2.26 bits per heavy atom. The highest BCUT2D eigenvalue weighted by Crippen LogP contribution is 2.39. The van der Waals surface area contributed by atoms with Gasteiger partial charge in [-0.25, -0.2) is 13.4 Å². The minimum Gasteiger partial charge on any atom is -0.465 e. The van der Waals surface area contributed by atoms with Crippen LogP contribution in [0.5, 0.6) is 0 Å². The molecule has 0 saturated carbocycles. The summed E-state index contributed by atoms with van der Waals surface area (Å²) in [6.07, 6.45) is 2.68. The van der Waals surface area contributed by atoms with Crippen molar-refractivity contribution in [1.29, 1.82) is 0 Å². The highest BCUT2D eigenvalue weighted by Gasteiger charge is 2.35. The number of hydrogen-bond donors (Lipinski definition) is 0. The molecule has 1 aromatic rings. The van der Waals surface area contributed by atoms with Gasteiger partial charge in [-0.2, -0.15) is 0 Å². The highest BCUT2D eigenvalue weighted by molar-refractivity contribution is 7.91. The third-order valence-electron chi connectivity index (χ3n) is 3.30. The van der Waals surface area contributed by atoms with Crippen LogP contribution in [-0.4, -0.2) is 32.2 Å². The summed E-state index contributed by atoms with van der Waals surface area (Å²) in [6, 6.07) is 0. The van der Waals surface area contributed by atoms with Crippen molar-refractivity contribution in [2.24, 2.45) is 0 Å². The fourth-order valence-electron chi connectivity index (χ4n) is 2.08. The van der Waals surface area contributed by atoms with Gasteiger partial charge in [0.25, 0.3) is 0 Å². The molecule has 1 aliphatic rings. The smallest absolute Gasteiger partial charge is 0.315 e. The van der Waals surface area contributed by atoms with Gasteiger partial charge in [0.15, 0.2) is 9.84 Å². The summed E-state index contributed by atoms with van der Waals surface area (Å²) in [5.74, 6) is -0.586. The second-order valence-corrected chi connectivity index (χ2v) is 8.16. The third kappa shape index (κ3) is 2.81. The maximum absolute atomic E-state index is 11.8. The van der Waals surface area contributed by atoms with Crippen molar-refractivity contribution in [2.75, 3.05) is 12.9 Å². The van der Waals surface area contributed by atoms with E-state index >= 15 is 0 Å². The molecule has 0 aliphatic heterocycles. The molecule has 2 rings (SSSR count). The molecule has 1 aliphatic carbocycles. The summed E-state index contributed by atoms with van der Waals surface area (Å²) in [5.41, 5.74) is 0.717. The van der Waals surface area contributed by atoms with Crippen LogP contribution in [0.2, 0.25) is 0 Å². The fraction of sp³-hybridized carbons (Fsp3) is 0.667. The number of sulfone groups is 1. The van der Waals surface area contributed by atoms with E-state index in [9.17, 15) is 13.2 Å². The van der Waals surface area contributed by atoms with E-state index in [0.29, 0.717) is 23.7 Å². The number of aromatic nitrogens is 1. The zero-order valence-electron chi connectivity index (χ0n) is 11.2. The molecule has 0 amide bonds. The van der Waals surface area contributed by atoms with E-state index in [1.54, 1.807) is 13.8 Å². The minimum absolute atomic E-state index is 0.259. The molecule has 19 heavy (non-hydrogen) atoms. The maximum atomic E-state index is 11.8. The Morgan fingerprint density at radius 1 is 1.58 bits per heavy atom. The number of nitrogens with zero attached hydrogens (tertiary/aromatic N) is 1. The quantitative estimate of drug-likeness (QED) is 0.794. The van der Waals surface area contributed by atoms with Crippen molar-refractivity contribution >= 4 is 27.1 Å². The van der Waals surface area contributed by atoms with Crippen molar-refractivity contribution in [3.63, 3.8) is 0 Å². The predicted molar refractivity (Wildman–Crippen MR) is 73.1 cm³/mol. The number of esters is 1. The summed E-state index contributed by atoms with van der Waals surface area (Å²) in [7, 11) is -3.16. The second kappa shape index (κ2) is 5.20.